The summed E-state index contributed by atoms with van der Waals surface area (Å²) in [7, 11) is 0. The SMILES string of the molecule is Cc1ccc2oc(=O)c3ccc(C(=O)N/N=C/c4ccc5nccnc5c4)cc3n12. The Labute approximate surface area is 169 Å². The fraction of sp³-hybridized carbons (Fsp3) is 0.0455. The largest absolute Gasteiger partial charge is 0.405 e. The summed E-state index contributed by atoms with van der Waals surface area (Å²) in [6, 6.07) is 13.9. The molecule has 30 heavy (non-hydrogen) atoms. The van der Waals surface area contributed by atoms with E-state index in [0.29, 0.717) is 22.2 Å². The lowest BCUT2D eigenvalue weighted by Crippen LogP contribution is -2.18. The van der Waals surface area contributed by atoms with Gasteiger partial charge in [0.25, 0.3) is 5.91 Å². The van der Waals surface area contributed by atoms with Crippen LogP contribution >= 0.6 is 0 Å². The molecular weight excluding hydrogens is 382 g/mol. The summed E-state index contributed by atoms with van der Waals surface area (Å²) in [5.41, 5.74) is 6.69. The van der Waals surface area contributed by atoms with Gasteiger partial charge in [-0.1, -0.05) is 6.07 Å². The van der Waals surface area contributed by atoms with Crippen molar-refractivity contribution in [3.05, 3.63) is 88.2 Å². The molecule has 3 aromatic heterocycles. The third-order valence-electron chi connectivity index (χ3n) is 4.83. The van der Waals surface area contributed by atoms with Crippen LogP contribution in [-0.4, -0.2) is 26.5 Å². The first kappa shape index (κ1) is 17.7. The molecule has 2 aromatic carbocycles. The first-order chi connectivity index (χ1) is 14.6. The number of benzene rings is 2. The Bertz CT molecular complexity index is 1530. The van der Waals surface area contributed by atoms with Crippen molar-refractivity contribution in [3.63, 3.8) is 0 Å². The van der Waals surface area contributed by atoms with Crippen LogP contribution < -0.4 is 11.1 Å². The van der Waals surface area contributed by atoms with Gasteiger partial charge in [0.2, 0.25) is 5.71 Å². The zero-order chi connectivity index (χ0) is 20.7. The Balaban J connectivity index is 1.44. The maximum atomic E-state index is 12.6. The van der Waals surface area contributed by atoms with Crippen LogP contribution in [0.2, 0.25) is 0 Å². The second-order valence-corrected chi connectivity index (χ2v) is 6.77. The molecule has 0 fully saturated rings. The Morgan fingerprint density at radius 2 is 1.90 bits per heavy atom. The Kier molecular flexibility index (Phi) is 4.10. The number of hydrogen-bond acceptors (Lipinski definition) is 6. The number of nitrogens with one attached hydrogen (secondary N) is 1. The van der Waals surface area contributed by atoms with Gasteiger partial charge in [-0.05, 0) is 48.9 Å². The summed E-state index contributed by atoms with van der Waals surface area (Å²) in [5.74, 6) is -0.389. The minimum Gasteiger partial charge on any atom is -0.405 e. The highest BCUT2D eigenvalue weighted by molar-refractivity contribution is 5.98. The highest BCUT2D eigenvalue weighted by atomic mass is 16.4. The van der Waals surface area contributed by atoms with Crippen molar-refractivity contribution >= 4 is 39.8 Å². The van der Waals surface area contributed by atoms with E-state index in [1.807, 2.05) is 31.2 Å². The van der Waals surface area contributed by atoms with Crippen molar-refractivity contribution in [1.82, 2.24) is 19.8 Å². The van der Waals surface area contributed by atoms with E-state index in [1.54, 1.807) is 41.1 Å². The van der Waals surface area contributed by atoms with Gasteiger partial charge >= 0.3 is 5.63 Å². The van der Waals surface area contributed by atoms with Crippen molar-refractivity contribution in [1.29, 1.82) is 0 Å². The van der Waals surface area contributed by atoms with Crippen molar-refractivity contribution in [2.75, 3.05) is 0 Å². The topological polar surface area (TPSA) is 102 Å². The zero-order valence-corrected chi connectivity index (χ0v) is 15.9. The lowest BCUT2D eigenvalue weighted by Gasteiger charge is -2.06. The number of rotatable bonds is 3. The van der Waals surface area contributed by atoms with Crippen molar-refractivity contribution < 1.29 is 9.21 Å². The van der Waals surface area contributed by atoms with Gasteiger partial charge in [-0.25, -0.2) is 10.2 Å². The van der Waals surface area contributed by atoms with Crippen LogP contribution in [0.1, 0.15) is 21.6 Å². The Morgan fingerprint density at radius 3 is 2.77 bits per heavy atom. The van der Waals surface area contributed by atoms with Crippen LogP contribution in [0.15, 0.2) is 75.2 Å². The highest BCUT2D eigenvalue weighted by Gasteiger charge is 2.12. The number of aryl methyl sites for hydroxylation is 1. The van der Waals surface area contributed by atoms with E-state index >= 15 is 0 Å². The van der Waals surface area contributed by atoms with Crippen LogP contribution in [-0.2, 0) is 0 Å². The number of aromatic nitrogens is 3. The molecule has 0 saturated carbocycles. The molecule has 0 bridgehead atoms. The first-order valence-corrected chi connectivity index (χ1v) is 9.19. The van der Waals surface area contributed by atoms with Crippen LogP contribution in [0.3, 0.4) is 0 Å². The van der Waals surface area contributed by atoms with Crippen molar-refractivity contribution in [3.8, 4) is 0 Å². The van der Waals surface area contributed by atoms with Gasteiger partial charge in [0, 0.05) is 29.7 Å². The monoisotopic (exact) mass is 397 g/mol. The summed E-state index contributed by atoms with van der Waals surface area (Å²) in [4.78, 5) is 33.2. The second kappa shape index (κ2) is 6.93. The molecule has 1 amide bonds. The number of nitrogens with zero attached hydrogens (tertiary/aromatic N) is 4. The molecule has 8 nitrogen and oxygen atoms in total. The average Bonchev–Trinajstić information content (AvgIpc) is 3.13. The van der Waals surface area contributed by atoms with E-state index < -0.39 is 5.63 Å². The van der Waals surface area contributed by atoms with E-state index in [1.165, 1.54) is 6.21 Å². The van der Waals surface area contributed by atoms with Gasteiger partial charge in [-0.15, -0.1) is 0 Å². The average molecular weight is 397 g/mol. The Morgan fingerprint density at radius 1 is 1.07 bits per heavy atom. The van der Waals surface area contributed by atoms with E-state index in [9.17, 15) is 9.59 Å². The number of amides is 1. The molecule has 0 saturated heterocycles. The predicted octanol–water partition coefficient (Wildman–Crippen LogP) is 3.06. The highest BCUT2D eigenvalue weighted by Crippen LogP contribution is 2.19. The standard InChI is InChI=1S/C22H15N5O3/c1-13-2-7-20-27(13)19-11-15(4-5-16(19)22(29)30-20)21(28)26-25-12-14-3-6-17-18(10-14)24-9-8-23-17/h2-12H,1H3,(H,26,28)/b25-12+. The van der Waals surface area contributed by atoms with E-state index in [2.05, 4.69) is 20.5 Å². The molecule has 0 aliphatic carbocycles. The minimum atomic E-state index is -0.444. The lowest BCUT2D eigenvalue weighted by molar-refractivity contribution is 0.0955. The van der Waals surface area contributed by atoms with Gasteiger partial charge in [0.05, 0.1) is 28.2 Å². The predicted molar refractivity (Wildman–Crippen MR) is 113 cm³/mol. The summed E-state index contributed by atoms with van der Waals surface area (Å²) in [6.07, 6.45) is 4.79. The fourth-order valence-corrected chi connectivity index (χ4v) is 3.37. The van der Waals surface area contributed by atoms with E-state index in [0.717, 1.165) is 22.3 Å². The summed E-state index contributed by atoms with van der Waals surface area (Å²) >= 11 is 0. The number of carbonyl (C=O) groups is 1. The van der Waals surface area contributed by atoms with Crippen LogP contribution in [0.4, 0.5) is 0 Å². The smallest absolute Gasteiger partial charge is 0.346 e. The van der Waals surface area contributed by atoms with E-state index in [4.69, 9.17) is 4.42 Å². The molecule has 1 N–H and O–H groups in total. The molecule has 5 rings (SSSR count). The van der Waals surface area contributed by atoms with Crippen molar-refractivity contribution in [2.45, 2.75) is 6.92 Å². The zero-order valence-electron chi connectivity index (χ0n) is 15.9. The molecule has 5 aromatic rings. The molecule has 0 aliphatic rings. The third kappa shape index (κ3) is 3.00. The number of fused-ring (bicyclic) bond motifs is 4. The van der Waals surface area contributed by atoms with Crippen LogP contribution in [0.5, 0.6) is 0 Å². The molecule has 0 unspecified atom stereocenters. The maximum absolute atomic E-state index is 12.6. The number of hydrazone groups is 1. The summed E-state index contributed by atoms with van der Waals surface area (Å²) in [5, 5.41) is 4.43. The molecule has 0 radical (unpaired) electrons. The summed E-state index contributed by atoms with van der Waals surface area (Å²) < 4.78 is 7.11. The van der Waals surface area contributed by atoms with Crippen LogP contribution in [0, 0.1) is 6.92 Å². The number of hydrogen-bond donors (Lipinski definition) is 1. The van der Waals surface area contributed by atoms with Gasteiger partial charge in [-0.3, -0.25) is 19.2 Å². The molecule has 0 atom stereocenters. The second-order valence-electron chi connectivity index (χ2n) is 6.77. The number of carbonyl (C=O) groups excluding carboxylic acids is 1. The van der Waals surface area contributed by atoms with Gasteiger partial charge in [-0.2, -0.15) is 5.10 Å². The first-order valence-electron chi connectivity index (χ1n) is 9.19. The molecule has 146 valence electrons. The molecule has 0 aliphatic heterocycles. The molecule has 3 heterocycles. The third-order valence-corrected chi connectivity index (χ3v) is 4.83. The summed E-state index contributed by atoms with van der Waals surface area (Å²) in [6.45, 7) is 1.90. The quantitative estimate of drug-likeness (QED) is 0.372. The Hall–Kier alpha value is -4.33. The maximum Gasteiger partial charge on any atom is 0.346 e. The molecule has 8 heteroatoms. The minimum absolute atomic E-state index is 0.379. The normalized spacial score (nSPS) is 11.6. The molecular formula is C22H15N5O3. The van der Waals surface area contributed by atoms with Gasteiger partial charge in [0.15, 0.2) is 0 Å². The molecule has 0 spiro atoms. The fourth-order valence-electron chi connectivity index (χ4n) is 3.37. The van der Waals surface area contributed by atoms with E-state index in [-0.39, 0.29) is 5.91 Å². The van der Waals surface area contributed by atoms with Gasteiger partial charge < -0.3 is 4.42 Å². The lowest BCUT2D eigenvalue weighted by atomic mass is 10.1. The van der Waals surface area contributed by atoms with Crippen LogP contribution in [0.25, 0.3) is 27.6 Å². The van der Waals surface area contributed by atoms with Crippen molar-refractivity contribution in [2.24, 2.45) is 5.10 Å². The van der Waals surface area contributed by atoms with Gasteiger partial charge in [0.1, 0.15) is 0 Å².